The van der Waals surface area contributed by atoms with E-state index in [1.54, 1.807) is 12.1 Å². The summed E-state index contributed by atoms with van der Waals surface area (Å²) in [5.41, 5.74) is 3.74. The Kier molecular flexibility index (Phi) is 4.41. The Morgan fingerprint density at radius 1 is 1.21 bits per heavy atom. The second-order valence-electron chi connectivity index (χ2n) is 3.56. The van der Waals surface area contributed by atoms with E-state index in [1.165, 1.54) is 17.6 Å². The van der Waals surface area contributed by atoms with Crippen molar-refractivity contribution in [1.29, 1.82) is 0 Å². The number of hydrogen-bond acceptors (Lipinski definition) is 6. The molecule has 0 fully saturated rings. The lowest BCUT2D eigenvalue weighted by molar-refractivity contribution is 0.107. The molecule has 2 rings (SSSR count). The van der Waals surface area contributed by atoms with Crippen LogP contribution in [0.25, 0.3) is 0 Å². The minimum atomic E-state index is -0.215. The van der Waals surface area contributed by atoms with E-state index in [1.807, 2.05) is 35.7 Å². The second kappa shape index (κ2) is 6.46. The molecule has 5 nitrogen and oxygen atoms in total. The van der Waals surface area contributed by atoms with Crippen molar-refractivity contribution in [3.8, 4) is 0 Å². The first kappa shape index (κ1) is 13.0. The maximum absolute atomic E-state index is 12.1. The van der Waals surface area contributed by atoms with Crippen LogP contribution in [0.15, 0.2) is 58.0 Å². The van der Waals surface area contributed by atoms with E-state index in [-0.39, 0.29) is 11.5 Å². The molecule has 96 valence electrons. The smallest absolute Gasteiger partial charge is 0.224 e. The van der Waals surface area contributed by atoms with E-state index < -0.39 is 0 Å². The number of hydrogen-bond donors (Lipinski definition) is 2. The molecule has 0 radical (unpaired) electrons. The van der Waals surface area contributed by atoms with Gasteiger partial charge in [0.15, 0.2) is 5.71 Å². The van der Waals surface area contributed by atoms with Gasteiger partial charge < -0.3 is 5.84 Å². The summed E-state index contributed by atoms with van der Waals surface area (Å²) < 4.78 is 0. The van der Waals surface area contributed by atoms with Gasteiger partial charge in [-0.15, -0.1) is 11.3 Å². The third kappa shape index (κ3) is 3.49. The molecule has 0 aliphatic heterocycles. The molecular weight excluding hydrogens is 260 g/mol. The molecule has 0 saturated heterocycles. The summed E-state index contributed by atoms with van der Waals surface area (Å²) >= 11 is 1.35. The fourth-order valence-electron chi connectivity index (χ4n) is 1.38. The van der Waals surface area contributed by atoms with Gasteiger partial charge in [-0.3, -0.25) is 10.2 Å². The predicted octanol–water partition coefficient (Wildman–Crippen LogP) is 2.34. The van der Waals surface area contributed by atoms with Gasteiger partial charge >= 0.3 is 0 Å². The van der Waals surface area contributed by atoms with Crippen LogP contribution in [0.4, 0.5) is 5.69 Å². The van der Waals surface area contributed by atoms with E-state index >= 15 is 0 Å². The largest absolute Gasteiger partial charge is 0.323 e. The number of ketones is 1. The molecule has 0 atom stereocenters. The maximum atomic E-state index is 12.1. The van der Waals surface area contributed by atoms with Crippen LogP contribution in [0.1, 0.15) is 9.67 Å². The average Bonchev–Trinajstić information content (AvgIpc) is 2.98. The number of benzene rings is 1. The molecule has 0 spiro atoms. The molecule has 0 amide bonds. The third-order valence-electron chi connectivity index (χ3n) is 2.25. The van der Waals surface area contributed by atoms with Crippen LogP contribution in [-0.2, 0) is 0 Å². The zero-order chi connectivity index (χ0) is 13.5. The molecule has 0 aliphatic carbocycles. The number of nitrogens with two attached hydrogens (primary N) is 1. The third-order valence-corrected chi connectivity index (χ3v) is 3.12. The van der Waals surface area contributed by atoms with E-state index in [0.29, 0.717) is 4.88 Å². The first-order valence-electron chi connectivity index (χ1n) is 5.51. The Labute approximate surface area is 114 Å². The quantitative estimate of drug-likeness (QED) is 0.379. The fourth-order valence-corrected chi connectivity index (χ4v) is 2.05. The highest BCUT2D eigenvalue weighted by Crippen LogP contribution is 2.10. The van der Waals surface area contributed by atoms with Gasteiger partial charge in [0, 0.05) is 0 Å². The number of rotatable bonds is 5. The van der Waals surface area contributed by atoms with Gasteiger partial charge in [-0.25, -0.2) is 0 Å². The summed E-state index contributed by atoms with van der Waals surface area (Å²) in [6, 6.07) is 12.9. The van der Waals surface area contributed by atoms with E-state index in [2.05, 4.69) is 15.6 Å². The van der Waals surface area contributed by atoms with Gasteiger partial charge in [0.1, 0.15) is 0 Å². The minimum Gasteiger partial charge on any atom is -0.323 e. The Hall–Kier alpha value is -2.47. The zero-order valence-corrected chi connectivity index (χ0v) is 10.8. The number of carbonyl (C=O) groups excluding carboxylic acids is 1. The molecule has 1 heterocycles. The van der Waals surface area contributed by atoms with Gasteiger partial charge in [-0.2, -0.15) is 10.2 Å². The van der Waals surface area contributed by atoms with Crippen LogP contribution >= 0.6 is 11.3 Å². The summed E-state index contributed by atoms with van der Waals surface area (Å²) in [7, 11) is 0. The number of carbonyl (C=O) groups is 1. The first-order chi connectivity index (χ1) is 9.31. The van der Waals surface area contributed by atoms with E-state index in [9.17, 15) is 4.79 Å². The molecule has 6 heteroatoms. The number of thiophene rings is 1. The summed E-state index contributed by atoms with van der Waals surface area (Å²) in [4.78, 5) is 12.7. The lowest BCUT2D eigenvalue weighted by Crippen LogP contribution is -2.17. The molecule has 0 saturated carbocycles. The van der Waals surface area contributed by atoms with Gasteiger partial charge in [0.05, 0.1) is 16.8 Å². The maximum Gasteiger partial charge on any atom is 0.224 e. The number of Topliss-reactive ketones (excluding diaryl/α,β-unsaturated/α-hetero) is 1. The molecule has 1 aromatic carbocycles. The topological polar surface area (TPSA) is 79.8 Å². The highest BCUT2D eigenvalue weighted by Gasteiger charge is 2.13. The van der Waals surface area contributed by atoms with Crippen molar-refractivity contribution in [3.05, 3.63) is 52.7 Å². The predicted molar refractivity (Wildman–Crippen MR) is 78.8 cm³/mol. The second-order valence-corrected chi connectivity index (χ2v) is 4.51. The Morgan fingerprint density at radius 2 is 2.00 bits per heavy atom. The SMILES string of the molecule is NN=C/C(=N\Nc1ccccc1)C(=O)c1cccs1. The zero-order valence-electron chi connectivity index (χ0n) is 9.98. The van der Waals surface area contributed by atoms with Crippen molar-refractivity contribution in [2.45, 2.75) is 0 Å². The van der Waals surface area contributed by atoms with Crippen LogP contribution in [0, 0.1) is 0 Å². The van der Waals surface area contributed by atoms with Gasteiger partial charge in [-0.1, -0.05) is 24.3 Å². The van der Waals surface area contributed by atoms with Crippen molar-refractivity contribution < 1.29 is 4.79 Å². The van der Waals surface area contributed by atoms with Crippen LogP contribution in [0.3, 0.4) is 0 Å². The minimum absolute atomic E-state index is 0.161. The van der Waals surface area contributed by atoms with Crippen LogP contribution < -0.4 is 11.3 Å². The highest BCUT2D eigenvalue weighted by atomic mass is 32.1. The van der Waals surface area contributed by atoms with E-state index in [0.717, 1.165) is 5.69 Å². The van der Waals surface area contributed by atoms with Gasteiger partial charge in [0.2, 0.25) is 5.78 Å². The van der Waals surface area contributed by atoms with E-state index in [4.69, 9.17) is 5.84 Å². The standard InChI is InChI=1S/C13H12N4OS/c14-15-9-11(13(18)12-7-4-8-19-12)17-16-10-5-2-1-3-6-10/h1-9,16H,14H2/b15-9?,17-11+. The van der Waals surface area contributed by atoms with Crippen molar-refractivity contribution in [2.24, 2.45) is 16.0 Å². The highest BCUT2D eigenvalue weighted by molar-refractivity contribution is 7.13. The summed E-state index contributed by atoms with van der Waals surface area (Å²) in [5.74, 6) is 4.89. The van der Waals surface area contributed by atoms with Crippen LogP contribution in [0.2, 0.25) is 0 Å². The Morgan fingerprint density at radius 3 is 2.63 bits per heavy atom. The summed E-state index contributed by atoms with van der Waals surface area (Å²) in [6.07, 6.45) is 1.23. The Bertz CT molecular complexity index is 590. The molecule has 19 heavy (non-hydrogen) atoms. The van der Waals surface area contributed by atoms with Gasteiger partial charge in [-0.05, 0) is 23.6 Å². The first-order valence-corrected chi connectivity index (χ1v) is 6.39. The number of nitrogens with zero attached hydrogens (tertiary/aromatic N) is 2. The Balaban J connectivity index is 2.18. The lowest BCUT2D eigenvalue weighted by Gasteiger charge is -2.01. The summed E-state index contributed by atoms with van der Waals surface area (Å²) in [6.45, 7) is 0. The monoisotopic (exact) mass is 272 g/mol. The van der Waals surface area contributed by atoms with Crippen LogP contribution in [0.5, 0.6) is 0 Å². The molecule has 1 aromatic heterocycles. The number of nitrogens with one attached hydrogen (secondary N) is 1. The molecular formula is C13H12N4OS. The fraction of sp³-hybridized carbons (Fsp3) is 0. The normalized spacial score (nSPS) is 11.7. The number of para-hydroxylation sites is 1. The summed E-state index contributed by atoms with van der Waals surface area (Å²) in [5, 5.41) is 9.23. The number of anilines is 1. The molecule has 3 N–H and O–H groups in total. The molecule has 0 bridgehead atoms. The lowest BCUT2D eigenvalue weighted by atomic mass is 10.2. The van der Waals surface area contributed by atoms with Crippen LogP contribution in [-0.4, -0.2) is 17.7 Å². The van der Waals surface area contributed by atoms with Crippen molar-refractivity contribution in [3.63, 3.8) is 0 Å². The molecule has 0 unspecified atom stereocenters. The number of hydrazone groups is 2. The van der Waals surface area contributed by atoms with Gasteiger partial charge in [0.25, 0.3) is 0 Å². The average molecular weight is 272 g/mol. The van der Waals surface area contributed by atoms with Crippen molar-refractivity contribution >= 4 is 34.7 Å². The molecule has 2 aromatic rings. The van der Waals surface area contributed by atoms with Crippen molar-refractivity contribution in [2.75, 3.05) is 5.43 Å². The molecule has 0 aliphatic rings. The van der Waals surface area contributed by atoms with Crippen molar-refractivity contribution in [1.82, 2.24) is 0 Å².